The Morgan fingerprint density at radius 2 is 1.92 bits per heavy atom. The number of nitrogens with zero attached hydrogens (tertiary/aromatic N) is 2. The number of likely N-dealkylation sites (tertiary alicyclic amines) is 1. The maximum atomic E-state index is 11.6. The van der Waals surface area contributed by atoms with Gasteiger partial charge in [0.2, 0.25) is 5.91 Å². The summed E-state index contributed by atoms with van der Waals surface area (Å²) in [6.45, 7) is 1.36. The molecule has 24 heavy (non-hydrogen) atoms. The zero-order chi connectivity index (χ0) is 18.3. The highest BCUT2D eigenvalue weighted by Crippen LogP contribution is 2.14. The predicted octanol–water partition coefficient (Wildman–Crippen LogP) is 0.672. The standard InChI is InChI=1S/C12H16N4O.C2HF3O2/c13-11-5-6-16(12(11)17)8-10-3-1-9(2-4-10)7-15-14;3-2(4,5)1(6)7/h1-4,7,11H,5-6,8,13-14H2;(H,6,7)/t11-;/m0./s1. The third kappa shape index (κ3) is 5.88. The van der Waals surface area contributed by atoms with Crippen LogP contribution in [-0.2, 0) is 16.1 Å². The first kappa shape index (κ1) is 19.4. The fourth-order valence-corrected chi connectivity index (χ4v) is 1.94. The first-order valence-corrected chi connectivity index (χ1v) is 6.82. The minimum Gasteiger partial charge on any atom is -0.475 e. The normalized spacial score (nSPS) is 17.8. The van der Waals surface area contributed by atoms with Crippen LogP contribution in [0.4, 0.5) is 13.2 Å². The second kappa shape index (κ2) is 8.29. The molecule has 0 aliphatic carbocycles. The Labute approximate surface area is 135 Å². The van der Waals surface area contributed by atoms with Crippen molar-refractivity contribution in [1.29, 1.82) is 0 Å². The van der Waals surface area contributed by atoms with Crippen molar-refractivity contribution in [3.05, 3.63) is 35.4 Å². The van der Waals surface area contributed by atoms with Crippen LogP contribution < -0.4 is 11.6 Å². The number of carbonyl (C=O) groups excluding carboxylic acids is 1. The minimum atomic E-state index is -5.08. The van der Waals surface area contributed by atoms with Crippen LogP contribution in [-0.4, -0.2) is 46.9 Å². The summed E-state index contributed by atoms with van der Waals surface area (Å²) in [6, 6.07) is 7.46. The zero-order valence-electron chi connectivity index (χ0n) is 12.5. The van der Waals surface area contributed by atoms with Crippen LogP contribution in [0.5, 0.6) is 0 Å². The number of halogens is 3. The highest BCUT2D eigenvalue weighted by molar-refractivity contribution is 5.83. The van der Waals surface area contributed by atoms with Gasteiger partial charge >= 0.3 is 12.1 Å². The summed E-state index contributed by atoms with van der Waals surface area (Å²) in [5.41, 5.74) is 7.69. The predicted molar refractivity (Wildman–Crippen MR) is 79.9 cm³/mol. The average Bonchev–Trinajstić information content (AvgIpc) is 2.81. The van der Waals surface area contributed by atoms with Gasteiger partial charge in [0.05, 0.1) is 12.3 Å². The smallest absolute Gasteiger partial charge is 0.475 e. The number of hydrogen-bond acceptors (Lipinski definition) is 5. The third-order valence-electron chi connectivity index (χ3n) is 3.16. The van der Waals surface area contributed by atoms with Gasteiger partial charge in [0.25, 0.3) is 0 Å². The summed E-state index contributed by atoms with van der Waals surface area (Å²) in [4.78, 5) is 22.3. The largest absolute Gasteiger partial charge is 0.490 e. The number of aliphatic carboxylic acids is 1. The van der Waals surface area contributed by atoms with Gasteiger partial charge in [-0.2, -0.15) is 18.3 Å². The van der Waals surface area contributed by atoms with Crippen LogP contribution in [0.1, 0.15) is 17.5 Å². The lowest BCUT2D eigenvalue weighted by Crippen LogP contribution is -2.33. The number of hydrogen-bond donors (Lipinski definition) is 3. The van der Waals surface area contributed by atoms with Gasteiger partial charge in [-0.25, -0.2) is 4.79 Å². The molecule has 10 heteroatoms. The molecule has 1 fully saturated rings. The molecule has 0 bridgehead atoms. The molecule has 1 amide bonds. The molecule has 0 unspecified atom stereocenters. The van der Waals surface area contributed by atoms with Crippen molar-refractivity contribution in [1.82, 2.24) is 4.90 Å². The molecule has 0 radical (unpaired) electrons. The zero-order valence-corrected chi connectivity index (χ0v) is 12.5. The van der Waals surface area contributed by atoms with Gasteiger partial charge in [-0.1, -0.05) is 24.3 Å². The van der Waals surface area contributed by atoms with E-state index in [1.807, 2.05) is 24.3 Å². The van der Waals surface area contributed by atoms with Gasteiger partial charge in [-0.3, -0.25) is 4.79 Å². The number of carboxylic acid groups (broad SMARTS) is 1. The molecule has 2 rings (SSSR count). The molecule has 7 nitrogen and oxygen atoms in total. The molecular formula is C14H17F3N4O3. The summed E-state index contributed by atoms with van der Waals surface area (Å²) in [6.07, 6.45) is -2.75. The minimum absolute atomic E-state index is 0.0394. The summed E-state index contributed by atoms with van der Waals surface area (Å²) in [5, 5.41) is 10.6. The number of rotatable bonds is 3. The quantitative estimate of drug-likeness (QED) is 0.422. The maximum Gasteiger partial charge on any atom is 0.490 e. The van der Waals surface area contributed by atoms with E-state index in [-0.39, 0.29) is 11.9 Å². The topological polar surface area (TPSA) is 122 Å². The Hall–Kier alpha value is -2.62. The van der Waals surface area contributed by atoms with Gasteiger partial charge < -0.3 is 21.6 Å². The molecule has 1 aliphatic heterocycles. The Balaban J connectivity index is 0.000000351. The number of amides is 1. The van der Waals surface area contributed by atoms with Gasteiger partial charge in [0.15, 0.2) is 0 Å². The third-order valence-corrected chi connectivity index (χ3v) is 3.16. The van der Waals surface area contributed by atoms with E-state index in [4.69, 9.17) is 21.5 Å². The number of hydrazone groups is 1. The molecule has 0 saturated carbocycles. The first-order chi connectivity index (χ1) is 11.1. The van der Waals surface area contributed by atoms with Crippen molar-refractivity contribution >= 4 is 18.1 Å². The Morgan fingerprint density at radius 3 is 2.29 bits per heavy atom. The van der Waals surface area contributed by atoms with E-state index < -0.39 is 12.1 Å². The monoisotopic (exact) mass is 346 g/mol. The highest BCUT2D eigenvalue weighted by Gasteiger charge is 2.38. The Morgan fingerprint density at radius 1 is 1.38 bits per heavy atom. The van der Waals surface area contributed by atoms with E-state index in [2.05, 4.69) is 5.10 Å². The molecule has 1 aromatic carbocycles. The first-order valence-electron chi connectivity index (χ1n) is 6.82. The van der Waals surface area contributed by atoms with Crippen molar-refractivity contribution in [2.24, 2.45) is 16.7 Å². The van der Waals surface area contributed by atoms with Crippen LogP contribution in [0.3, 0.4) is 0 Å². The molecule has 1 aliphatic rings. The second-order valence-corrected chi connectivity index (χ2v) is 4.98. The van der Waals surface area contributed by atoms with Gasteiger partial charge in [-0.15, -0.1) is 0 Å². The van der Waals surface area contributed by atoms with Crippen molar-refractivity contribution < 1.29 is 27.9 Å². The Kier molecular flexibility index (Phi) is 6.71. The summed E-state index contributed by atoms with van der Waals surface area (Å²) in [7, 11) is 0. The van der Waals surface area contributed by atoms with E-state index in [9.17, 15) is 18.0 Å². The van der Waals surface area contributed by atoms with Crippen LogP contribution in [0.2, 0.25) is 0 Å². The molecule has 1 saturated heterocycles. The second-order valence-electron chi connectivity index (χ2n) is 4.98. The fraction of sp³-hybridized carbons (Fsp3) is 0.357. The van der Waals surface area contributed by atoms with Gasteiger partial charge in [0, 0.05) is 13.1 Å². The van der Waals surface area contributed by atoms with Crippen LogP contribution in [0.15, 0.2) is 29.4 Å². The van der Waals surface area contributed by atoms with E-state index in [0.29, 0.717) is 6.54 Å². The van der Waals surface area contributed by atoms with Gasteiger partial charge in [-0.05, 0) is 17.5 Å². The molecule has 1 heterocycles. The molecule has 0 aromatic heterocycles. The van der Waals surface area contributed by atoms with Crippen LogP contribution in [0.25, 0.3) is 0 Å². The number of benzene rings is 1. The number of alkyl halides is 3. The summed E-state index contributed by atoms with van der Waals surface area (Å²) >= 11 is 0. The van der Waals surface area contributed by atoms with E-state index in [1.165, 1.54) is 0 Å². The molecular weight excluding hydrogens is 329 g/mol. The molecule has 5 N–H and O–H groups in total. The maximum absolute atomic E-state index is 11.6. The average molecular weight is 346 g/mol. The van der Waals surface area contributed by atoms with Crippen molar-refractivity contribution in [2.45, 2.75) is 25.2 Å². The lowest BCUT2D eigenvalue weighted by molar-refractivity contribution is -0.192. The number of carbonyl (C=O) groups is 2. The Bertz CT molecular complexity index is 602. The SMILES string of the molecule is NN=Cc1ccc(CN2CC[C@H](N)C2=O)cc1.O=C(O)C(F)(F)F. The fourth-order valence-electron chi connectivity index (χ4n) is 1.94. The van der Waals surface area contributed by atoms with Crippen molar-refractivity contribution in [3.63, 3.8) is 0 Å². The molecule has 1 aromatic rings. The lowest BCUT2D eigenvalue weighted by atomic mass is 10.1. The number of carboxylic acids is 1. The molecule has 0 spiro atoms. The van der Waals surface area contributed by atoms with Gasteiger partial charge in [0.1, 0.15) is 0 Å². The van der Waals surface area contributed by atoms with E-state index >= 15 is 0 Å². The van der Waals surface area contributed by atoms with Crippen LogP contribution in [0, 0.1) is 0 Å². The lowest BCUT2D eigenvalue weighted by Gasteiger charge is -2.15. The molecule has 1 atom stereocenters. The van der Waals surface area contributed by atoms with E-state index in [0.717, 1.165) is 24.1 Å². The highest BCUT2D eigenvalue weighted by atomic mass is 19.4. The van der Waals surface area contributed by atoms with Crippen molar-refractivity contribution in [3.8, 4) is 0 Å². The van der Waals surface area contributed by atoms with E-state index in [1.54, 1.807) is 11.1 Å². The molecule has 132 valence electrons. The number of nitrogens with two attached hydrogens (primary N) is 2. The van der Waals surface area contributed by atoms with Crippen LogP contribution >= 0.6 is 0 Å². The summed E-state index contributed by atoms with van der Waals surface area (Å²) in [5.74, 6) is 2.35. The summed E-state index contributed by atoms with van der Waals surface area (Å²) < 4.78 is 31.7. The van der Waals surface area contributed by atoms with Crippen molar-refractivity contribution in [2.75, 3.05) is 6.54 Å².